The largest absolute Gasteiger partial charge is 0.494 e. The van der Waals surface area contributed by atoms with E-state index in [1.165, 1.54) is 6.07 Å². The zero-order valence-corrected chi connectivity index (χ0v) is 26.0. The van der Waals surface area contributed by atoms with Crippen LogP contribution >= 0.6 is 11.6 Å². The van der Waals surface area contributed by atoms with Crippen molar-refractivity contribution in [1.29, 1.82) is 0 Å². The van der Waals surface area contributed by atoms with Crippen LogP contribution in [-0.2, 0) is 27.7 Å². The summed E-state index contributed by atoms with van der Waals surface area (Å²) in [4.78, 5) is 14.7. The van der Waals surface area contributed by atoms with Crippen LogP contribution in [0.3, 0.4) is 0 Å². The molecule has 0 atom stereocenters. The van der Waals surface area contributed by atoms with Crippen LogP contribution in [0.5, 0.6) is 5.75 Å². The number of carbonyl (C=O) groups is 1. The third-order valence-corrected chi connectivity index (χ3v) is 8.76. The van der Waals surface area contributed by atoms with E-state index in [2.05, 4.69) is 29.2 Å². The Morgan fingerprint density at radius 2 is 1.56 bits per heavy atom. The number of halogens is 4. The van der Waals surface area contributed by atoms with Crippen LogP contribution < -0.4 is 4.74 Å². The lowest BCUT2D eigenvalue weighted by molar-refractivity contribution is -0.146. The van der Waals surface area contributed by atoms with Crippen molar-refractivity contribution >= 4 is 17.6 Å². The Kier molecular flexibility index (Phi) is 10.5. The standard InChI is InChI=1S/C37H37ClF3NO3/c1-2-44-35(43)36(20-21-36)30-17-10-18-31(24-30)45-23-11-22-42(25-29-16-9-19-33(34(29)38)37(39,40)41)26-32(27-12-5-3-6-13-27)28-14-7-4-8-15-28/h3-10,12-19,24,32H,2,11,20-23,25-26H2,1H3. The molecule has 0 unspecified atom stereocenters. The van der Waals surface area contributed by atoms with Crippen molar-refractivity contribution < 1.29 is 27.4 Å². The molecule has 1 fully saturated rings. The first-order valence-electron chi connectivity index (χ1n) is 15.3. The van der Waals surface area contributed by atoms with Crippen LogP contribution in [0.1, 0.15) is 59.9 Å². The molecule has 1 aliphatic rings. The maximum atomic E-state index is 13.7. The van der Waals surface area contributed by atoms with Crippen molar-refractivity contribution in [3.63, 3.8) is 0 Å². The molecule has 0 heterocycles. The first-order valence-corrected chi connectivity index (χ1v) is 15.7. The Labute approximate surface area is 267 Å². The molecule has 4 aromatic rings. The van der Waals surface area contributed by atoms with Gasteiger partial charge in [-0.05, 0) is 66.6 Å². The predicted molar refractivity (Wildman–Crippen MR) is 171 cm³/mol. The van der Waals surface area contributed by atoms with E-state index in [0.29, 0.717) is 44.0 Å². The van der Waals surface area contributed by atoms with Gasteiger partial charge >= 0.3 is 12.1 Å². The number of hydrogen-bond donors (Lipinski definition) is 0. The third-order valence-electron chi connectivity index (χ3n) is 8.31. The molecule has 0 bridgehead atoms. The molecule has 5 rings (SSSR count). The summed E-state index contributed by atoms with van der Waals surface area (Å²) in [6.45, 7) is 3.92. The number of rotatable bonds is 14. The van der Waals surface area contributed by atoms with Crippen molar-refractivity contribution in [2.45, 2.75) is 50.2 Å². The summed E-state index contributed by atoms with van der Waals surface area (Å²) in [6.07, 6.45) is -2.40. The Morgan fingerprint density at radius 3 is 2.16 bits per heavy atom. The summed E-state index contributed by atoms with van der Waals surface area (Å²) in [5.74, 6) is 0.464. The molecular formula is C37H37ClF3NO3. The highest BCUT2D eigenvalue weighted by molar-refractivity contribution is 6.32. The van der Waals surface area contributed by atoms with Gasteiger partial charge in [0.25, 0.3) is 0 Å². The highest BCUT2D eigenvalue weighted by Gasteiger charge is 2.52. The van der Waals surface area contributed by atoms with E-state index in [1.807, 2.05) is 60.7 Å². The van der Waals surface area contributed by atoms with E-state index < -0.39 is 17.2 Å². The summed E-state index contributed by atoms with van der Waals surface area (Å²) in [5.41, 5.74) is 2.14. The monoisotopic (exact) mass is 635 g/mol. The van der Waals surface area contributed by atoms with Crippen LogP contribution in [-0.4, -0.2) is 37.2 Å². The molecule has 8 heteroatoms. The van der Waals surface area contributed by atoms with E-state index in [0.717, 1.165) is 35.6 Å². The van der Waals surface area contributed by atoms with Gasteiger partial charge in [-0.15, -0.1) is 0 Å². The first kappa shape index (κ1) is 32.6. The fourth-order valence-corrected chi connectivity index (χ4v) is 6.09. The number of hydrogen-bond acceptors (Lipinski definition) is 4. The summed E-state index contributed by atoms with van der Waals surface area (Å²) >= 11 is 6.34. The van der Waals surface area contributed by atoms with E-state index in [4.69, 9.17) is 21.1 Å². The second-order valence-electron chi connectivity index (χ2n) is 11.4. The van der Waals surface area contributed by atoms with Gasteiger partial charge in [0.15, 0.2) is 0 Å². The lowest BCUT2D eigenvalue weighted by Gasteiger charge is -2.29. The van der Waals surface area contributed by atoms with Gasteiger partial charge in [0.1, 0.15) is 5.75 Å². The maximum Gasteiger partial charge on any atom is 0.417 e. The lowest BCUT2D eigenvalue weighted by Crippen LogP contribution is -2.31. The minimum Gasteiger partial charge on any atom is -0.494 e. The van der Waals surface area contributed by atoms with Gasteiger partial charge in [0.05, 0.1) is 29.2 Å². The van der Waals surface area contributed by atoms with E-state index in [9.17, 15) is 18.0 Å². The van der Waals surface area contributed by atoms with Crippen molar-refractivity contribution in [2.75, 3.05) is 26.3 Å². The fourth-order valence-electron chi connectivity index (χ4n) is 5.80. The molecule has 4 aromatic carbocycles. The first-order chi connectivity index (χ1) is 21.7. The van der Waals surface area contributed by atoms with Gasteiger partial charge < -0.3 is 9.47 Å². The summed E-state index contributed by atoms with van der Waals surface area (Å²) in [7, 11) is 0. The van der Waals surface area contributed by atoms with Gasteiger partial charge in [-0.1, -0.05) is 96.5 Å². The van der Waals surface area contributed by atoms with Crippen LogP contribution in [0, 0.1) is 0 Å². The summed E-state index contributed by atoms with van der Waals surface area (Å²) < 4.78 is 52.5. The number of ether oxygens (including phenoxy) is 2. The quantitative estimate of drug-likeness (QED) is 0.102. The van der Waals surface area contributed by atoms with E-state index >= 15 is 0 Å². The number of alkyl halides is 3. The Balaban J connectivity index is 1.33. The third kappa shape index (κ3) is 8.08. The highest BCUT2D eigenvalue weighted by atomic mass is 35.5. The van der Waals surface area contributed by atoms with Crippen molar-refractivity contribution in [3.8, 4) is 5.75 Å². The second-order valence-corrected chi connectivity index (χ2v) is 11.8. The van der Waals surface area contributed by atoms with Crippen molar-refractivity contribution in [1.82, 2.24) is 4.90 Å². The normalized spacial score (nSPS) is 14.0. The molecule has 1 aliphatic carbocycles. The zero-order chi connectivity index (χ0) is 31.9. The molecule has 0 N–H and O–H groups in total. The Bertz CT molecular complexity index is 1520. The Hall–Kier alpha value is -3.81. The number of nitrogens with zero attached hydrogens (tertiary/aromatic N) is 1. The SMILES string of the molecule is CCOC(=O)C1(c2cccc(OCCCN(Cc3cccc(C(F)(F)F)c3Cl)CC(c3ccccc3)c3ccccc3)c2)CC1. The molecule has 45 heavy (non-hydrogen) atoms. The molecule has 4 nitrogen and oxygen atoms in total. The average Bonchev–Trinajstić information content (AvgIpc) is 3.86. The van der Waals surface area contributed by atoms with Gasteiger partial charge in [0.2, 0.25) is 0 Å². The smallest absolute Gasteiger partial charge is 0.417 e. The van der Waals surface area contributed by atoms with E-state index in [-0.39, 0.29) is 23.5 Å². The van der Waals surface area contributed by atoms with Crippen molar-refractivity contribution in [2.24, 2.45) is 0 Å². The fraction of sp³-hybridized carbons (Fsp3) is 0.324. The minimum absolute atomic E-state index is 0.00724. The van der Waals surface area contributed by atoms with E-state index in [1.54, 1.807) is 13.0 Å². The van der Waals surface area contributed by atoms with Gasteiger partial charge in [-0.3, -0.25) is 9.69 Å². The number of carbonyl (C=O) groups excluding carboxylic acids is 1. The number of esters is 1. The second kappa shape index (κ2) is 14.5. The minimum atomic E-state index is -4.54. The predicted octanol–water partition coefficient (Wildman–Crippen LogP) is 9.06. The molecule has 0 spiro atoms. The molecular weight excluding hydrogens is 599 g/mol. The topological polar surface area (TPSA) is 38.8 Å². The van der Waals surface area contributed by atoms with Gasteiger partial charge in [-0.2, -0.15) is 13.2 Å². The molecule has 0 radical (unpaired) electrons. The van der Waals surface area contributed by atoms with Crippen LogP contribution in [0.25, 0.3) is 0 Å². The Morgan fingerprint density at radius 1 is 0.911 bits per heavy atom. The maximum absolute atomic E-state index is 13.7. The molecule has 0 aliphatic heterocycles. The highest BCUT2D eigenvalue weighted by Crippen LogP contribution is 2.50. The van der Waals surface area contributed by atoms with Crippen molar-refractivity contribution in [3.05, 3.63) is 136 Å². The molecule has 0 amide bonds. The van der Waals surface area contributed by atoms with Crippen LogP contribution in [0.2, 0.25) is 5.02 Å². The molecule has 0 saturated heterocycles. The van der Waals surface area contributed by atoms with Crippen LogP contribution in [0.4, 0.5) is 13.2 Å². The summed E-state index contributed by atoms with van der Waals surface area (Å²) in [6, 6.07) is 31.9. The number of benzene rings is 4. The molecule has 1 saturated carbocycles. The molecule has 0 aromatic heterocycles. The van der Waals surface area contributed by atoms with Crippen LogP contribution in [0.15, 0.2) is 103 Å². The van der Waals surface area contributed by atoms with Gasteiger partial charge in [-0.25, -0.2) is 0 Å². The molecule has 236 valence electrons. The lowest BCUT2D eigenvalue weighted by atomic mass is 9.90. The zero-order valence-electron chi connectivity index (χ0n) is 25.2. The van der Waals surface area contributed by atoms with Gasteiger partial charge in [0, 0.05) is 25.6 Å². The summed E-state index contributed by atoms with van der Waals surface area (Å²) in [5, 5.41) is -0.269. The average molecular weight is 636 g/mol.